The Morgan fingerprint density at radius 2 is 1.86 bits per heavy atom. The molecule has 0 aromatic rings. The highest BCUT2D eigenvalue weighted by Crippen LogP contribution is 2.27. The molecule has 2 heterocycles. The van der Waals surface area contributed by atoms with Gasteiger partial charge in [-0.25, -0.2) is 0 Å². The highest BCUT2D eigenvalue weighted by atomic mass is 32.2. The predicted molar refractivity (Wildman–Crippen MR) is 74.6 cm³/mol. The van der Waals surface area contributed by atoms with Gasteiger partial charge in [-0.05, 0) is 26.7 Å². The lowest BCUT2D eigenvalue weighted by molar-refractivity contribution is -0.142. The molecule has 0 spiro atoms. The monoisotopic (exact) mass is 319 g/mol. The van der Waals surface area contributed by atoms with E-state index in [0.717, 1.165) is 0 Å². The minimum Gasteiger partial charge on any atom is -0.481 e. The molecule has 2 rings (SSSR count). The minimum atomic E-state index is -3.76. The smallest absolute Gasteiger partial charge is 0.306 e. The number of rotatable bonds is 3. The number of hydrogen-bond donors (Lipinski definition) is 2. The molecule has 0 aromatic heterocycles. The van der Waals surface area contributed by atoms with Gasteiger partial charge in [-0.1, -0.05) is 0 Å². The number of amides is 1. The molecule has 9 heteroatoms. The zero-order chi connectivity index (χ0) is 15.8. The number of aliphatic carboxylic acids is 1. The Balaban J connectivity index is 2.15. The molecule has 2 N–H and O–H groups in total. The SMILES string of the molecule is CC1(C)C(=O)NCCN1S(=O)(=O)N1CCC(C(=O)O)CC1. The third-order valence-electron chi connectivity index (χ3n) is 4.19. The summed E-state index contributed by atoms with van der Waals surface area (Å²) in [7, 11) is -3.76. The molecule has 0 aromatic carbocycles. The molecule has 0 radical (unpaired) electrons. The van der Waals surface area contributed by atoms with E-state index in [1.165, 1.54) is 8.61 Å². The third kappa shape index (κ3) is 2.90. The Morgan fingerprint density at radius 1 is 1.29 bits per heavy atom. The van der Waals surface area contributed by atoms with Crippen LogP contribution < -0.4 is 5.32 Å². The first-order valence-electron chi connectivity index (χ1n) is 6.96. The van der Waals surface area contributed by atoms with Gasteiger partial charge in [0, 0.05) is 26.2 Å². The lowest BCUT2D eigenvalue weighted by Gasteiger charge is -2.43. The molecule has 0 atom stereocenters. The maximum absolute atomic E-state index is 12.7. The van der Waals surface area contributed by atoms with Crippen LogP contribution in [-0.2, 0) is 19.8 Å². The van der Waals surface area contributed by atoms with Gasteiger partial charge in [-0.2, -0.15) is 17.0 Å². The lowest BCUT2D eigenvalue weighted by Crippen LogP contribution is -2.65. The van der Waals surface area contributed by atoms with Crippen LogP contribution >= 0.6 is 0 Å². The number of carbonyl (C=O) groups is 2. The van der Waals surface area contributed by atoms with E-state index in [0.29, 0.717) is 12.8 Å². The van der Waals surface area contributed by atoms with E-state index >= 15 is 0 Å². The maximum Gasteiger partial charge on any atom is 0.306 e. The molecule has 21 heavy (non-hydrogen) atoms. The van der Waals surface area contributed by atoms with Gasteiger partial charge in [-0.15, -0.1) is 0 Å². The summed E-state index contributed by atoms with van der Waals surface area (Å²) in [6, 6.07) is 0. The van der Waals surface area contributed by atoms with E-state index < -0.39 is 27.6 Å². The molecule has 2 fully saturated rings. The van der Waals surface area contributed by atoms with Crippen LogP contribution in [0.3, 0.4) is 0 Å². The standard InChI is InChI=1S/C12H21N3O5S/c1-12(2)11(18)13-5-8-15(12)21(19,20)14-6-3-9(4-7-14)10(16)17/h9H,3-8H2,1-2H3,(H,13,18)(H,16,17). The second kappa shape index (κ2) is 5.54. The molecular weight excluding hydrogens is 298 g/mol. The molecule has 0 bridgehead atoms. The van der Waals surface area contributed by atoms with Crippen LogP contribution in [0, 0.1) is 5.92 Å². The van der Waals surface area contributed by atoms with E-state index in [-0.39, 0.29) is 32.1 Å². The van der Waals surface area contributed by atoms with Gasteiger partial charge in [0.25, 0.3) is 10.2 Å². The van der Waals surface area contributed by atoms with Crippen LogP contribution in [0.1, 0.15) is 26.7 Å². The van der Waals surface area contributed by atoms with Crippen LogP contribution in [0.5, 0.6) is 0 Å². The fourth-order valence-corrected chi connectivity index (χ4v) is 4.69. The quantitative estimate of drug-likeness (QED) is 0.711. The first-order chi connectivity index (χ1) is 9.67. The molecule has 0 saturated carbocycles. The van der Waals surface area contributed by atoms with E-state index in [1.54, 1.807) is 13.8 Å². The normalized spacial score (nSPS) is 25.5. The van der Waals surface area contributed by atoms with Crippen molar-refractivity contribution in [1.82, 2.24) is 13.9 Å². The number of hydrogen-bond acceptors (Lipinski definition) is 4. The Labute approximate surface area is 124 Å². The molecule has 2 aliphatic rings. The van der Waals surface area contributed by atoms with Gasteiger partial charge < -0.3 is 10.4 Å². The van der Waals surface area contributed by atoms with Crippen molar-refractivity contribution >= 4 is 22.1 Å². The van der Waals surface area contributed by atoms with E-state index in [4.69, 9.17) is 5.11 Å². The van der Waals surface area contributed by atoms with Gasteiger partial charge in [0.05, 0.1) is 5.92 Å². The van der Waals surface area contributed by atoms with Gasteiger partial charge in [0.1, 0.15) is 5.54 Å². The van der Waals surface area contributed by atoms with Crippen LogP contribution in [0.25, 0.3) is 0 Å². The summed E-state index contributed by atoms with van der Waals surface area (Å²) < 4.78 is 27.9. The number of carboxylic acids is 1. The molecule has 8 nitrogen and oxygen atoms in total. The summed E-state index contributed by atoms with van der Waals surface area (Å²) in [5.74, 6) is -1.70. The summed E-state index contributed by atoms with van der Waals surface area (Å²) in [6.07, 6.45) is 0.601. The highest BCUT2D eigenvalue weighted by molar-refractivity contribution is 7.86. The number of nitrogens with zero attached hydrogens (tertiary/aromatic N) is 2. The second-order valence-corrected chi connectivity index (χ2v) is 7.76. The fraction of sp³-hybridized carbons (Fsp3) is 0.833. The van der Waals surface area contributed by atoms with Gasteiger partial charge in [-0.3, -0.25) is 9.59 Å². The number of carboxylic acid groups (broad SMARTS) is 1. The predicted octanol–water partition coefficient (Wildman–Crippen LogP) is -0.762. The maximum atomic E-state index is 12.7. The highest BCUT2D eigenvalue weighted by Gasteiger charge is 2.47. The van der Waals surface area contributed by atoms with Gasteiger partial charge >= 0.3 is 5.97 Å². The molecule has 1 amide bonds. The minimum absolute atomic E-state index is 0.174. The largest absolute Gasteiger partial charge is 0.481 e. The van der Waals surface area contributed by atoms with E-state index in [9.17, 15) is 18.0 Å². The van der Waals surface area contributed by atoms with E-state index in [2.05, 4.69) is 5.32 Å². The Hall–Kier alpha value is -1.19. The van der Waals surface area contributed by atoms with Gasteiger partial charge in [0.2, 0.25) is 5.91 Å². The van der Waals surface area contributed by atoms with Crippen molar-refractivity contribution in [3.63, 3.8) is 0 Å². The van der Waals surface area contributed by atoms with Crippen molar-refractivity contribution in [2.75, 3.05) is 26.2 Å². The molecular formula is C12H21N3O5S. The molecule has 2 saturated heterocycles. The van der Waals surface area contributed by atoms with Crippen LogP contribution in [0.2, 0.25) is 0 Å². The lowest BCUT2D eigenvalue weighted by atomic mass is 9.99. The topological polar surface area (TPSA) is 107 Å². The number of nitrogens with one attached hydrogen (secondary N) is 1. The molecule has 2 aliphatic heterocycles. The van der Waals surface area contributed by atoms with Gasteiger partial charge in [0.15, 0.2) is 0 Å². The Bertz CT molecular complexity index is 537. The summed E-state index contributed by atoms with van der Waals surface area (Å²) in [4.78, 5) is 22.8. The van der Waals surface area contributed by atoms with Crippen LogP contribution in [-0.4, -0.2) is 65.7 Å². The summed E-state index contributed by atoms with van der Waals surface area (Å²) in [5.41, 5.74) is -1.14. The van der Waals surface area contributed by atoms with Crippen molar-refractivity contribution in [2.45, 2.75) is 32.2 Å². The van der Waals surface area contributed by atoms with Crippen molar-refractivity contribution < 1.29 is 23.1 Å². The number of piperidine rings is 1. The Morgan fingerprint density at radius 3 is 2.38 bits per heavy atom. The zero-order valence-electron chi connectivity index (χ0n) is 12.2. The summed E-state index contributed by atoms with van der Waals surface area (Å²) in [5, 5.41) is 11.6. The average molecular weight is 319 g/mol. The molecule has 0 aliphatic carbocycles. The average Bonchev–Trinajstić information content (AvgIpc) is 2.41. The van der Waals surface area contributed by atoms with Crippen LogP contribution in [0.4, 0.5) is 0 Å². The zero-order valence-corrected chi connectivity index (χ0v) is 13.0. The van der Waals surface area contributed by atoms with Crippen molar-refractivity contribution in [2.24, 2.45) is 5.92 Å². The summed E-state index contributed by atoms with van der Waals surface area (Å²) >= 11 is 0. The van der Waals surface area contributed by atoms with Crippen molar-refractivity contribution in [1.29, 1.82) is 0 Å². The van der Waals surface area contributed by atoms with Crippen LogP contribution in [0.15, 0.2) is 0 Å². The first-order valence-corrected chi connectivity index (χ1v) is 8.36. The molecule has 0 unspecified atom stereocenters. The molecule has 120 valence electrons. The third-order valence-corrected chi connectivity index (χ3v) is 6.40. The number of piperazine rings is 1. The summed E-state index contributed by atoms with van der Waals surface area (Å²) in [6.45, 7) is 4.00. The fourth-order valence-electron chi connectivity index (χ4n) is 2.76. The van der Waals surface area contributed by atoms with E-state index in [1.807, 2.05) is 0 Å². The Kier molecular flexibility index (Phi) is 4.27. The first kappa shape index (κ1) is 16.2. The second-order valence-electron chi connectivity index (χ2n) is 5.91. The van der Waals surface area contributed by atoms with Crippen molar-refractivity contribution in [3.8, 4) is 0 Å². The van der Waals surface area contributed by atoms with Crippen molar-refractivity contribution in [3.05, 3.63) is 0 Å². The number of carbonyl (C=O) groups excluding carboxylic acids is 1.